The summed E-state index contributed by atoms with van der Waals surface area (Å²) in [4.78, 5) is 24.2. The summed E-state index contributed by atoms with van der Waals surface area (Å²) in [6.07, 6.45) is 6.23. The molecule has 7 nitrogen and oxygen atoms in total. The number of carbonyl (C=O) groups is 1. The van der Waals surface area contributed by atoms with Crippen LogP contribution in [0.4, 0.5) is 5.82 Å². The van der Waals surface area contributed by atoms with Gasteiger partial charge >= 0.3 is 0 Å². The average molecular weight is 286 g/mol. The van der Waals surface area contributed by atoms with Crippen LogP contribution in [0.2, 0.25) is 0 Å². The third kappa shape index (κ3) is 2.76. The van der Waals surface area contributed by atoms with Crippen LogP contribution in [-0.4, -0.2) is 34.6 Å². The first kappa shape index (κ1) is 13.3. The molecule has 3 rings (SSSR count). The van der Waals surface area contributed by atoms with Crippen molar-refractivity contribution >= 4 is 11.7 Å². The molecule has 1 aliphatic heterocycles. The van der Waals surface area contributed by atoms with Gasteiger partial charge in [-0.1, -0.05) is 0 Å². The Morgan fingerprint density at radius 2 is 2.29 bits per heavy atom. The summed E-state index contributed by atoms with van der Waals surface area (Å²) in [5.41, 5.74) is 1.32. The molecule has 21 heavy (non-hydrogen) atoms. The van der Waals surface area contributed by atoms with Gasteiger partial charge in [0.15, 0.2) is 11.6 Å². The molecule has 0 atom stereocenters. The minimum atomic E-state index is -0.347. The number of fused-ring (bicyclic) bond motifs is 1. The van der Waals surface area contributed by atoms with E-state index in [9.17, 15) is 4.79 Å². The van der Waals surface area contributed by atoms with Crippen molar-refractivity contribution in [2.45, 2.75) is 12.8 Å². The van der Waals surface area contributed by atoms with Crippen LogP contribution >= 0.6 is 0 Å². The van der Waals surface area contributed by atoms with E-state index >= 15 is 0 Å². The molecule has 0 aliphatic carbocycles. The van der Waals surface area contributed by atoms with Crippen LogP contribution in [0.15, 0.2) is 24.8 Å². The van der Waals surface area contributed by atoms with Gasteiger partial charge in [-0.25, -0.2) is 15.0 Å². The Kier molecular flexibility index (Phi) is 3.63. The van der Waals surface area contributed by atoms with E-state index in [1.165, 1.54) is 19.6 Å². The SMILES string of the molecule is COc1cncnc1NC(=O)c1cc2c(cn1)OCCC2. The normalized spacial score (nSPS) is 13.0. The first-order valence-corrected chi connectivity index (χ1v) is 6.55. The van der Waals surface area contributed by atoms with E-state index in [1.807, 2.05) is 0 Å². The highest BCUT2D eigenvalue weighted by Gasteiger charge is 2.16. The highest BCUT2D eigenvalue weighted by Crippen LogP contribution is 2.25. The quantitative estimate of drug-likeness (QED) is 0.919. The van der Waals surface area contributed by atoms with Gasteiger partial charge in [0, 0.05) is 0 Å². The predicted octanol–water partition coefficient (Wildman–Crippen LogP) is 1.46. The predicted molar refractivity (Wildman–Crippen MR) is 74.6 cm³/mol. The van der Waals surface area contributed by atoms with Crippen molar-refractivity contribution in [3.05, 3.63) is 36.0 Å². The largest absolute Gasteiger partial charge is 0.492 e. The molecule has 0 spiro atoms. The van der Waals surface area contributed by atoms with Gasteiger partial charge in [-0.2, -0.15) is 0 Å². The molecule has 3 heterocycles. The molecule has 0 unspecified atom stereocenters. The second-order valence-corrected chi connectivity index (χ2v) is 4.52. The Labute approximate surface area is 121 Å². The Bertz CT molecular complexity index is 675. The van der Waals surface area contributed by atoms with Gasteiger partial charge in [0.25, 0.3) is 5.91 Å². The standard InChI is InChI=1S/C14H14N4O3/c1-20-12-6-15-8-17-13(12)18-14(19)10-5-9-3-2-4-21-11(9)7-16-10/h5-8H,2-4H2,1H3,(H,15,17,18,19). The van der Waals surface area contributed by atoms with E-state index in [4.69, 9.17) is 9.47 Å². The Morgan fingerprint density at radius 1 is 1.38 bits per heavy atom. The number of ether oxygens (including phenoxy) is 2. The fourth-order valence-corrected chi connectivity index (χ4v) is 2.11. The highest BCUT2D eigenvalue weighted by atomic mass is 16.5. The number of methoxy groups -OCH3 is 1. The van der Waals surface area contributed by atoms with Crippen LogP contribution in [0.1, 0.15) is 22.5 Å². The number of aromatic nitrogens is 3. The minimum Gasteiger partial charge on any atom is -0.492 e. The molecular weight excluding hydrogens is 272 g/mol. The van der Waals surface area contributed by atoms with Gasteiger partial charge < -0.3 is 14.8 Å². The number of anilines is 1. The summed E-state index contributed by atoms with van der Waals surface area (Å²) in [6.45, 7) is 0.693. The average Bonchev–Trinajstić information content (AvgIpc) is 2.55. The smallest absolute Gasteiger partial charge is 0.275 e. The van der Waals surface area contributed by atoms with Crippen LogP contribution in [0.25, 0.3) is 0 Å². The van der Waals surface area contributed by atoms with E-state index in [0.717, 1.165) is 24.2 Å². The first-order chi connectivity index (χ1) is 10.3. The number of aryl methyl sites for hydroxylation is 1. The van der Waals surface area contributed by atoms with E-state index < -0.39 is 0 Å². The molecule has 108 valence electrons. The zero-order valence-electron chi connectivity index (χ0n) is 11.5. The van der Waals surface area contributed by atoms with E-state index in [-0.39, 0.29) is 5.91 Å². The summed E-state index contributed by atoms with van der Waals surface area (Å²) in [5, 5.41) is 2.67. The number of amides is 1. The molecule has 1 N–H and O–H groups in total. The van der Waals surface area contributed by atoms with Crippen molar-refractivity contribution < 1.29 is 14.3 Å². The second kappa shape index (κ2) is 5.74. The molecule has 0 saturated heterocycles. The van der Waals surface area contributed by atoms with Crippen LogP contribution < -0.4 is 14.8 Å². The molecular formula is C14H14N4O3. The van der Waals surface area contributed by atoms with Crippen LogP contribution in [0.3, 0.4) is 0 Å². The topological polar surface area (TPSA) is 86.2 Å². The third-order valence-electron chi connectivity index (χ3n) is 3.16. The molecule has 0 fully saturated rings. The fraction of sp³-hybridized carbons (Fsp3) is 0.286. The monoisotopic (exact) mass is 286 g/mol. The summed E-state index contributed by atoms with van der Waals surface area (Å²) in [5.74, 6) is 1.11. The number of hydrogen-bond donors (Lipinski definition) is 1. The number of carbonyl (C=O) groups excluding carboxylic acids is 1. The van der Waals surface area contributed by atoms with Crippen molar-refractivity contribution in [1.82, 2.24) is 15.0 Å². The van der Waals surface area contributed by atoms with Crippen molar-refractivity contribution in [2.75, 3.05) is 19.0 Å². The fourth-order valence-electron chi connectivity index (χ4n) is 2.11. The third-order valence-corrected chi connectivity index (χ3v) is 3.16. The lowest BCUT2D eigenvalue weighted by Gasteiger charge is -2.17. The zero-order chi connectivity index (χ0) is 14.7. The van der Waals surface area contributed by atoms with Crippen LogP contribution in [0.5, 0.6) is 11.5 Å². The van der Waals surface area contributed by atoms with E-state index in [2.05, 4.69) is 20.3 Å². The number of hydrogen-bond acceptors (Lipinski definition) is 6. The van der Waals surface area contributed by atoms with Gasteiger partial charge in [0.1, 0.15) is 17.8 Å². The first-order valence-electron chi connectivity index (χ1n) is 6.55. The molecule has 2 aromatic rings. The van der Waals surface area contributed by atoms with E-state index in [0.29, 0.717) is 23.9 Å². The van der Waals surface area contributed by atoms with Crippen LogP contribution in [0, 0.1) is 0 Å². The zero-order valence-corrected chi connectivity index (χ0v) is 11.5. The minimum absolute atomic E-state index is 0.313. The van der Waals surface area contributed by atoms with Gasteiger partial charge in [-0.15, -0.1) is 0 Å². The Morgan fingerprint density at radius 3 is 3.14 bits per heavy atom. The summed E-state index contributed by atoms with van der Waals surface area (Å²) in [7, 11) is 1.49. The van der Waals surface area contributed by atoms with Crippen molar-refractivity contribution in [1.29, 1.82) is 0 Å². The van der Waals surface area contributed by atoms with Crippen molar-refractivity contribution in [3.8, 4) is 11.5 Å². The number of nitrogens with zero attached hydrogens (tertiary/aromatic N) is 3. The molecule has 0 aromatic carbocycles. The van der Waals surface area contributed by atoms with Crippen molar-refractivity contribution in [3.63, 3.8) is 0 Å². The molecule has 0 saturated carbocycles. The van der Waals surface area contributed by atoms with Gasteiger partial charge in [0.2, 0.25) is 0 Å². The lowest BCUT2D eigenvalue weighted by molar-refractivity contribution is 0.102. The Hall–Kier alpha value is -2.70. The lowest BCUT2D eigenvalue weighted by atomic mass is 10.1. The van der Waals surface area contributed by atoms with Crippen LogP contribution in [-0.2, 0) is 6.42 Å². The maximum absolute atomic E-state index is 12.2. The van der Waals surface area contributed by atoms with Gasteiger partial charge in [-0.05, 0) is 24.5 Å². The van der Waals surface area contributed by atoms with Gasteiger partial charge in [0.05, 0.1) is 26.1 Å². The molecule has 0 bridgehead atoms. The number of rotatable bonds is 3. The maximum Gasteiger partial charge on any atom is 0.275 e. The molecule has 1 amide bonds. The Balaban J connectivity index is 1.82. The number of pyridine rings is 1. The molecule has 7 heteroatoms. The maximum atomic E-state index is 12.2. The number of nitrogens with one attached hydrogen (secondary N) is 1. The summed E-state index contributed by atoms with van der Waals surface area (Å²) in [6, 6.07) is 1.75. The summed E-state index contributed by atoms with van der Waals surface area (Å²) < 4.78 is 10.6. The highest BCUT2D eigenvalue weighted by molar-refractivity contribution is 6.03. The second-order valence-electron chi connectivity index (χ2n) is 4.52. The van der Waals surface area contributed by atoms with Crippen molar-refractivity contribution in [2.24, 2.45) is 0 Å². The van der Waals surface area contributed by atoms with E-state index in [1.54, 1.807) is 12.3 Å². The van der Waals surface area contributed by atoms with Gasteiger partial charge in [-0.3, -0.25) is 4.79 Å². The summed E-state index contributed by atoms with van der Waals surface area (Å²) >= 11 is 0. The lowest BCUT2D eigenvalue weighted by Crippen LogP contribution is -2.17. The molecule has 2 aromatic heterocycles. The molecule has 0 radical (unpaired) electrons. The molecule has 1 aliphatic rings.